The Morgan fingerprint density at radius 1 is 0.889 bits per heavy atom. The van der Waals surface area contributed by atoms with E-state index in [1.54, 1.807) is 0 Å². The van der Waals surface area contributed by atoms with Gasteiger partial charge in [0.05, 0.1) is 0 Å². The smallest absolute Gasteiger partial charge is 0.245 e. The lowest BCUT2D eigenvalue weighted by Gasteiger charge is -2.05. The Kier molecular flexibility index (Phi) is 14.0. The monoisotopic (exact) mass is 257 g/mol. The van der Waals surface area contributed by atoms with E-state index < -0.39 is 0 Å². The number of unbranched alkanes of at least 4 members (excludes halogenated alkanes) is 7. The Labute approximate surface area is 113 Å². The van der Waals surface area contributed by atoms with Gasteiger partial charge in [0.15, 0.2) is 0 Å². The largest absolute Gasteiger partial charge is 0.372 e. The first kappa shape index (κ1) is 17.4. The zero-order valence-corrected chi connectivity index (χ0v) is 12.3. The van der Waals surface area contributed by atoms with Crippen molar-refractivity contribution in [3.8, 4) is 0 Å². The fourth-order valence-corrected chi connectivity index (χ4v) is 1.85. The van der Waals surface area contributed by atoms with Crippen LogP contribution >= 0.6 is 0 Å². The zero-order chi connectivity index (χ0) is 13.5. The first-order valence-electron chi connectivity index (χ1n) is 7.65. The molecule has 0 saturated carbocycles. The number of hydrogen-bond acceptors (Lipinski definition) is 2. The highest BCUT2D eigenvalue weighted by Crippen LogP contribution is 2.07. The molecule has 0 aromatic carbocycles. The van der Waals surface area contributed by atoms with Crippen molar-refractivity contribution in [1.29, 1.82) is 0 Å². The molecule has 0 spiro atoms. The van der Waals surface area contributed by atoms with Gasteiger partial charge in [0, 0.05) is 13.2 Å². The topological polar surface area (TPSA) is 38.3 Å². The standard InChI is InChI=1S/C15H31NO2/c1-3-5-6-7-8-9-10-11-12-16-15(17)14-18-13-4-2/h3-14H2,1-2H3,(H,16,17). The molecule has 0 atom stereocenters. The van der Waals surface area contributed by atoms with Gasteiger partial charge in [-0.1, -0.05) is 58.8 Å². The molecule has 1 N–H and O–H groups in total. The Morgan fingerprint density at radius 3 is 2.11 bits per heavy atom. The van der Waals surface area contributed by atoms with Crippen molar-refractivity contribution in [1.82, 2.24) is 5.32 Å². The minimum absolute atomic E-state index is 0.0198. The number of amides is 1. The van der Waals surface area contributed by atoms with Crippen molar-refractivity contribution in [2.45, 2.75) is 71.6 Å². The summed E-state index contributed by atoms with van der Waals surface area (Å²) < 4.78 is 5.17. The fourth-order valence-electron chi connectivity index (χ4n) is 1.85. The quantitative estimate of drug-likeness (QED) is 0.511. The van der Waals surface area contributed by atoms with E-state index in [0.717, 1.165) is 19.4 Å². The van der Waals surface area contributed by atoms with Gasteiger partial charge in [-0.25, -0.2) is 0 Å². The van der Waals surface area contributed by atoms with Crippen LogP contribution in [-0.2, 0) is 9.53 Å². The third kappa shape index (κ3) is 13.5. The summed E-state index contributed by atoms with van der Waals surface area (Å²) in [5, 5.41) is 2.89. The van der Waals surface area contributed by atoms with Crippen LogP contribution in [0.2, 0.25) is 0 Å². The third-order valence-corrected chi connectivity index (χ3v) is 2.93. The van der Waals surface area contributed by atoms with Gasteiger partial charge in [0.2, 0.25) is 5.91 Å². The Balaban J connectivity index is 3.08. The summed E-state index contributed by atoms with van der Waals surface area (Å²) in [4.78, 5) is 11.3. The molecular formula is C15H31NO2. The highest BCUT2D eigenvalue weighted by atomic mass is 16.5. The van der Waals surface area contributed by atoms with Crippen LogP contribution in [0, 0.1) is 0 Å². The second kappa shape index (κ2) is 14.5. The number of carbonyl (C=O) groups is 1. The maximum atomic E-state index is 11.3. The van der Waals surface area contributed by atoms with Crippen LogP contribution in [0.15, 0.2) is 0 Å². The van der Waals surface area contributed by atoms with Crippen molar-refractivity contribution in [2.24, 2.45) is 0 Å². The minimum atomic E-state index is 0.0198. The molecule has 3 nitrogen and oxygen atoms in total. The number of rotatable bonds is 13. The van der Waals surface area contributed by atoms with E-state index in [1.165, 1.54) is 44.9 Å². The highest BCUT2D eigenvalue weighted by molar-refractivity contribution is 5.77. The molecule has 0 bridgehead atoms. The Hall–Kier alpha value is -0.570. The van der Waals surface area contributed by atoms with E-state index in [4.69, 9.17) is 4.74 Å². The predicted molar refractivity (Wildman–Crippen MR) is 76.7 cm³/mol. The summed E-state index contributed by atoms with van der Waals surface area (Å²) in [6, 6.07) is 0. The van der Waals surface area contributed by atoms with Crippen molar-refractivity contribution in [3.63, 3.8) is 0 Å². The van der Waals surface area contributed by atoms with E-state index in [-0.39, 0.29) is 12.5 Å². The van der Waals surface area contributed by atoms with Crippen LogP contribution < -0.4 is 5.32 Å². The predicted octanol–water partition coefficient (Wildman–Crippen LogP) is 3.67. The molecule has 0 unspecified atom stereocenters. The summed E-state index contributed by atoms with van der Waals surface area (Å²) in [5.74, 6) is 0.0198. The highest BCUT2D eigenvalue weighted by Gasteiger charge is 1.99. The van der Waals surface area contributed by atoms with Crippen LogP contribution in [0.25, 0.3) is 0 Å². The normalized spacial score (nSPS) is 10.6. The molecule has 0 radical (unpaired) electrons. The maximum Gasteiger partial charge on any atom is 0.245 e. The summed E-state index contributed by atoms with van der Waals surface area (Å²) in [5.41, 5.74) is 0. The lowest BCUT2D eigenvalue weighted by atomic mass is 10.1. The fraction of sp³-hybridized carbons (Fsp3) is 0.933. The molecular weight excluding hydrogens is 226 g/mol. The third-order valence-electron chi connectivity index (χ3n) is 2.93. The van der Waals surface area contributed by atoms with E-state index in [2.05, 4.69) is 12.2 Å². The molecule has 0 aliphatic heterocycles. The number of ether oxygens (including phenoxy) is 1. The van der Waals surface area contributed by atoms with Crippen molar-refractivity contribution < 1.29 is 9.53 Å². The lowest BCUT2D eigenvalue weighted by Crippen LogP contribution is -2.28. The molecule has 0 heterocycles. The molecule has 0 fully saturated rings. The molecule has 0 aliphatic rings. The van der Waals surface area contributed by atoms with Gasteiger partial charge in [-0.2, -0.15) is 0 Å². The van der Waals surface area contributed by atoms with E-state index >= 15 is 0 Å². The number of carbonyl (C=O) groups excluding carboxylic acids is 1. The maximum absolute atomic E-state index is 11.3. The molecule has 0 aliphatic carbocycles. The van der Waals surface area contributed by atoms with Crippen molar-refractivity contribution in [3.05, 3.63) is 0 Å². The molecule has 18 heavy (non-hydrogen) atoms. The second-order valence-electron chi connectivity index (χ2n) is 4.88. The summed E-state index contributed by atoms with van der Waals surface area (Å²) >= 11 is 0. The minimum Gasteiger partial charge on any atom is -0.372 e. The van der Waals surface area contributed by atoms with Crippen molar-refractivity contribution >= 4 is 5.91 Å². The molecule has 1 amide bonds. The number of nitrogens with one attached hydrogen (secondary N) is 1. The SMILES string of the molecule is CCCCCCCCCCNC(=O)COCCC. The van der Waals surface area contributed by atoms with E-state index in [0.29, 0.717) is 6.61 Å². The Morgan fingerprint density at radius 2 is 1.50 bits per heavy atom. The van der Waals surface area contributed by atoms with Crippen LogP contribution in [0.1, 0.15) is 71.6 Å². The van der Waals surface area contributed by atoms with Crippen LogP contribution in [-0.4, -0.2) is 25.7 Å². The molecule has 0 rings (SSSR count). The first-order valence-corrected chi connectivity index (χ1v) is 7.65. The van der Waals surface area contributed by atoms with Gasteiger partial charge in [-0.05, 0) is 12.8 Å². The Bertz CT molecular complexity index is 183. The zero-order valence-electron chi connectivity index (χ0n) is 12.3. The second-order valence-corrected chi connectivity index (χ2v) is 4.88. The van der Waals surface area contributed by atoms with Crippen LogP contribution in [0.5, 0.6) is 0 Å². The number of hydrogen-bond donors (Lipinski definition) is 1. The van der Waals surface area contributed by atoms with Gasteiger partial charge in [-0.15, -0.1) is 0 Å². The van der Waals surface area contributed by atoms with E-state index in [1.807, 2.05) is 6.92 Å². The van der Waals surface area contributed by atoms with Gasteiger partial charge in [0.1, 0.15) is 6.61 Å². The van der Waals surface area contributed by atoms with Gasteiger partial charge in [0.25, 0.3) is 0 Å². The molecule has 0 saturated heterocycles. The summed E-state index contributed by atoms with van der Waals surface area (Å²) in [6.07, 6.45) is 11.3. The van der Waals surface area contributed by atoms with Crippen LogP contribution in [0.4, 0.5) is 0 Å². The van der Waals surface area contributed by atoms with Crippen LogP contribution in [0.3, 0.4) is 0 Å². The van der Waals surface area contributed by atoms with E-state index in [9.17, 15) is 4.79 Å². The average Bonchev–Trinajstić information content (AvgIpc) is 2.37. The average molecular weight is 257 g/mol. The molecule has 108 valence electrons. The molecule has 0 aromatic rings. The van der Waals surface area contributed by atoms with Gasteiger partial charge in [-0.3, -0.25) is 4.79 Å². The van der Waals surface area contributed by atoms with Crippen molar-refractivity contribution in [2.75, 3.05) is 19.8 Å². The van der Waals surface area contributed by atoms with Gasteiger partial charge >= 0.3 is 0 Å². The molecule has 0 aromatic heterocycles. The summed E-state index contributed by atoms with van der Waals surface area (Å²) in [6.45, 7) is 5.96. The lowest BCUT2D eigenvalue weighted by molar-refractivity contribution is -0.125. The van der Waals surface area contributed by atoms with Gasteiger partial charge < -0.3 is 10.1 Å². The first-order chi connectivity index (χ1) is 8.81. The molecule has 3 heteroatoms. The summed E-state index contributed by atoms with van der Waals surface area (Å²) in [7, 11) is 0.